The van der Waals surface area contributed by atoms with E-state index in [0.717, 1.165) is 45.3 Å². The maximum atomic E-state index is 6.02. The van der Waals surface area contributed by atoms with Gasteiger partial charge in [0.1, 0.15) is 0 Å². The van der Waals surface area contributed by atoms with E-state index in [9.17, 15) is 0 Å². The average molecular weight is 322 g/mol. The van der Waals surface area contributed by atoms with E-state index in [2.05, 4.69) is 0 Å². The molecular weight excluding hydrogens is 304 g/mol. The lowest BCUT2D eigenvalue weighted by molar-refractivity contribution is 0.499. The molecule has 0 saturated carbocycles. The normalized spacial score (nSPS) is 11.3. The summed E-state index contributed by atoms with van der Waals surface area (Å²) in [5.74, 6) is 4.33. The highest BCUT2D eigenvalue weighted by atomic mass is 16.4. The predicted molar refractivity (Wildman–Crippen MR) is 90.8 cm³/mol. The van der Waals surface area contributed by atoms with E-state index in [4.69, 9.17) is 17.7 Å². The summed E-state index contributed by atoms with van der Waals surface area (Å²) in [6.45, 7) is 7.99. The number of aryl methyl sites for hydroxylation is 4. The van der Waals surface area contributed by atoms with Crippen LogP contribution in [-0.4, -0.2) is 0 Å². The highest BCUT2D eigenvalue weighted by molar-refractivity contribution is 5.68. The van der Waals surface area contributed by atoms with Crippen molar-refractivity contribution in [3.8, 4) is 34.6 Å². The van der Waals surface area contributed by atoms with E-state index >= 15 is 0 Å². The number of rotatable bonds is 3. The molecule has 0 aliphatic heterocycles. The highest BCUT2D eigenvalue weighted by Gasteiger charge is 2.21. The molecule has 4 rings (SSSR count). The van der Waals surface area contributed by atoms with Crippen LogP contribution in [0, 0.1) is 27.7 Å². The Labute approximate surface area is 139 Å². The van der Waals surface area contributed by atoms with Crippen molar-refractivity contribution >= 4 is 0 Å². The van der Waals surface area contributed by atoms with Crippen LogP contribution in [0.15, 0.2) is 54.5 Å². The first kappa shape index (κ1) is 14.7. The van der Waals surface area contributed by atoms with Gasteiger partial charge in [0.2, 0.25) is 0 Å². The van der Waals surface area contributed by atoms with Gasteiger partial charge in [0.05, 0.1) is 12.5 Å². The highest BCUT2D eigenvalue weighted by Crippen LogP contribution is 2.38. The fraction of sp³-hybridized carbons (Fsp3) is 0.200. The molecule has 4 aromatic rings. The van der Waals surface area contributed by atoms with Gasteiger partial charge in [-0.2, -0.15) is 0 Å². The zero-order valence-corrected chi connectivity index (χ0v) is 14.1. The molecule has 0 amide bonds. The first-order valence-corrected chi connectivity index (χ1v) is 7.84. The van der Waals surface area contributed by atoms with Crippen LogP contribution < -0.4 is 0 Å². The summed E-state index contributed by atoms with van der Waals surface area (Å²) in [6.07, 6.45) is 3.34. The lowest BCUT2D eigenvalue weighted by Gasteiger charge is -1.96. The van der Waals surface area contributed by atoms with Crippen molar-refractivity contribution in [2.24, 2.45) is 0 Å². The second-order valence-electron chi connectivity index (χ2n) is 6.11. The Bertz CT molecular complexity index is 924. The third kappa shape index (κ3) is 2.22. The molecule has 4 heterocycles. The Balaban J connectivity index is 1.78. The molecule has 122 valence electrons. The monoisotopic (exact) mass is 322 g/mol. The lowest BCUT2D eigenvalue weighted by Crippen LogP contribution is -1.75. The van der Waals surface area contributed by atoms with Gasteiger partial charge in [-0.1, -0.05) is 0 Å². The molecule has 0 spiro atoms. The predicted octanol–water partition coefficient (Wildman–Crippen LogP) is 6.29. The Kier molecular flexibility index (Phi) is 3.27. The van der Waals surface area contributed by atoms with Crippen molar-refractivity contribution in [3.05, 3.63) is 59.0 Å². The molecule has 0 unspecified atom stereocenters. The van der Waals surface area contributed by atoms with Gasteiger partial charge >= 0.3 is 0 Å². The Morgan fingerprint density at radius 2 is 0.958 bits per heavy atom. The number of hydrogen-bond donors (Lipinski definition) is 0. The van der Waals surface area contributed by atoms with Crippen LogP contribution in [0.4, 0.5) is 0 Å². The molecule has 0 N–H and O–H groups in total. The second-order valence-corrected chi connectivity index (χ2v) is 6.11. The molecule has 4 heteroatoms. The smallest absolute Gasteiger partial charge is 0.173 e. The third-order valence-corrected chi connectivity index (χ3v) is 4.22. The summed E-state index contributed by atoms with van der Waals surface area (Å²) in [4.78, 5) is 0. The molecule has 0 aliphatic carbocycles. The zero-order chi connectivity index (χ0) is 16.8. The van der Waals surface area contributed by atoms with Gasteiger partial charge in [-0.3, -0.25) is 0 Å². The minimum absolute atomic E-state index is 0.678. The Morgan fingerprint density at radius 3 is 1.29 bits per heavy atom. The largest absolute Gasteiger partial charge is 0.461 e. The van der Waals surface area contributed by atoms with Crippen LogP contribution in [0.3, 0.4) is 0 Å². The molecule has 0 aliphatic rings. The second kappa shape index (κ2) is 5.34. The van der Waals surface area contributed by atoms with Crippen LogP contribution in [0.5, 0.6) is 0 Å². The van der Waals surface area contributed by atoms with Gasteiger partial charge in [-0.05, 0) is 74.2 Å². The first-order chi connectivity index (χ1) is 11.5. The van der Waals surface area contributed by atoms with E-state index in [1.54, 1.807) is 12.5 Å². The van der Waals surface area contributed by atoms with Gasteiger partial charge in [0.15, 0.2) is 34.6 Å². The summed E-state index contributed by atoms with van der Waals surface area (Å²) in [7, 11) is 0. The van der Waals surface area contributed by atoms with E-state index in [-0.39, 0.29) is 0 Å². The molecule has 4 aromatic heterocycles. The minimum atomic E-state index is 0.678. The van der Waals surface area contributed by atoms with E-state index in [1.165, 1.54) is 0 Å². The molecular formula is C20H18O4. The molecule has 0 saturated heterocycles. The lowest BCUT2D eigenvalue weighted by atomic mass is 10.1. The number of furan rings is 4. The molecule has 4 nitrogen and oxygen atoms in total. The van der Waals surface area contributed by atoms with Crippen molar-refractivity contribution in [2.45, 2.75) is 27.7 Å². The van der Waals surface area contributed by atoms with E-state index in [0.29, 0.717) is 11.5 Å². The maximum absolute atomic E-state index is 6.02. The molecule has 0 aromatic carbocycles. The van der Waals surface area contributed by atoms with Crippen molar-refractivity contribution in [1.82, 2.24) is 0 Å². The zero-order valence-electron chi connectivity index (χ0n) is 14.1. The Morgan fingerprint density at radius 1 is 0.542 bits per heavy atom. The third-order valence-electron chi connectivity index (χ3n) is 4.22. The summed E-state index contributed by atoms with van der Waals surface area (Å²) < 4.78 is 23.1. The first-order valence-electron chi connectivity index (χ1n) is 7.84. The van der Waals surface area contributed by atoms with Crippen LogP contribution in [0.25, 0.3) is 34.6 Å². The van der Waals surface area contributed by atoms with Gasteiger partial charge in [0, 0.05) is 0 Å². The standard InChI is InChI=1S/C20H18O4/c1-11-5-7-21-17(11)19-13(3)9-15(23-19)16-10-14(4)20(24-16)18-12(2)6-8-22-18/h5-10H,1-4H3. The van der Waals surface area contributed by atoms with Crippen LogP contribution in [0.2, 0.25) is 0 Å². The quantitative estimate of drug-likeness (QED) is 0.444. The minimum Gasteiger partial charge on any atom is -0.461 e. The summed E-state index contributed by atoms with van der Waals surface area (Å²) in [5, 5.41) is 0. The van der Waals surface area contributed by atoms with E-state index < -0.39 is 0 Å². The van der Waals surface area contributed by atoms with Crippen molar-refractivity contribution < 1.29 is 17.7 Å². The SMILES string of the molecule is Cc1ccoc1-c1oc(-c2cc(C)c(-c3occc3C)o2)cc1C. The average Bonchev–Trinajstić information content (AvgIpc) is 3.28. The Hall–Kier alpha value is -2.88. The summed E-state index contributed by atoms with van der Waals surface area (Å²) in [6, 6.07) is 7.78. The summed E-state index contributed by atoms with van der Waals surface area (Å²) in [5.41, 5.74) is 4.10. The van der Waals surface area contributed by atoms with E-state index in [1.807, 2.05) is 52.0 Å². The van der Waals surface area contributed by atoms with Gasteiger partial charge in [-0.15, -0.1) is 0 Å². The topological polar surface area (TPSA) is 52.6 Å². The van der Waals surface area contributed by atoms with Crippen molar-refractivity contribution in [2.75, 3.05) is 0 Å². The van der Waals surface area contributed by atoms with Crippen LogP contribution in [-0.2, 0) is 0 Å². The van der Waals surface area contributed by atoms with Gasteiger partial charge in [0.25, 0.3) is 0 Å². The molecule has 0 atom stereocenters. The fourth-order valence-corrected chi connectivity index (χ4v) is 2.87. The van der Waals surface area contributed by atoms with Crippen LogP contribution in [0.1, 0.15) is 22.3 Å². The van der Waals surface area contributed by atoms with Crippen molar-refractivity contribution in [1.29, 1.82) is 0 Å². The molecule has 0 bridgehead atoms. The maximum Gasteiger partial charge on any atom is 0.173 e. The molecule has 24 heavy (non-hydrogen) atoms. The molecule has 0 radical (unpaired) electrons. The fourth-order valence-electron chi connectivity index (χ4n) is 2.87. The number of hydrogen-bond acceptors (Lipinski definition) is 4. The van der Waals surface area contributed by atoms with Crippen LogP contribution >= 0.6 is 0 Å². The van der Waals surface area contributed by atoms with Gasteiger partial charge < -0.3 is 17.7 Å². The molecule has 0 fully saturated rings. The van der Waals surface area contributed by atoms with Crippen molar-refractivity contribution in [3.63, 3.8) is 0 Å². The van der Waals surface area contributed by atoms with Gasteiger partial charge in [-0.25, -0.2) is 0 Å². The summed E-state index contributed by atoms with van der Waals surface area (Å²) >= 11 is 0.